The Bertz CT molecular complexity index is 1700. The largest absolute Gasteiger partial charge is 0.475 e. The molecule has 1 spiro atoms. The van der Waals surface area contributed by atoms with E-state index in [1.165, 1.54) is 10.2 Å². The zero-order chi connectivity index (χ0) is 29.2. The Kier molecular flexibility index (Phi) is 6.00. The third-order valence-electron chi connectivity index (χ3n) is 9.48. The van der Waals surface area contributed by atoms with Crippen LogP contribution < -0.4 is 9.80 Å². The molecule has 4 aromatic rings. The van der Waals surface area contributed by atoms with Gasteiger partial charge in [0.05, 0.1) is 11.9 Å². The highest BCUT2D eigenvalue weighted by Gasteiger charge is 2.46. The number of aryl methyl sites for hydroxylation is 2. The molecule has 3 fully saturated rings. The van der Waals surface area contributed by atoms with E-state index in [1.807, 2.05) is 18.0 Å². The fraction of sp³-hybridized carbons (Fsp3) is 0.467. The second-order valence-electron chi connectivity index (χ2n) is 12.5. The molecular formula is C30H35N9O3. The first kappa shape index (κ1) is 26.4. The number of anilines is 2. The number of benzene rings is 1. The van der Waals surface area contributed by atoms with Gasteiger partial charge in [0.2, 0.25) is 11.8 Å². The number of carboxylic acids is 1. The molecule has 1 amide bonds. The van der Waals surface area contributed by atoms with Gasteiger partial charge >= 0.3 is 5.97 Å². The standard InChI is InChI=1S/C30H35N9O3/c1-20-15-22(36-12-9-29(2,17-36)21-7-5-4-6-8-21)16-39-25(20)31-23(34-39)26(40)37-13-10-30(18-37)11-14-38(19-30)28-32-24(27(41)42)33-35(28)3/h4-8,15-16H,9-14,17-19H2,1-3H3,(H,41,42)/t29-,30?/m0/s1. The van der Waals surface area contributed by atoms with Crippen LogP contribution in [0.1, 0.15) is 58.6 Å². The van der Waals surface area contributed by atoms with Gasteiger partial charge in [0, 0.05) is 57.1 Å². The van der Waals surface area contributed by atoms with Crippen molar-refractivity contribution in [2.45, 2.75) is 38.5 Å². The number of likely N-dealkylation sites (tertiary alicyclic amines) is 1. The van der Waals surface area contributed by atoms with Crippen molar-refractivity contribution in [1.29, 1.82) is 0 Å². The molecule has 6 heterocycles. The lowest BCUT2D eigenvalue weighted by molar-refractivity contribution is 0.0682. The van der Waals surface area contributed by atoms with Gasteiger partial charge < -0.3 is 19.8 Å². The molecule has 3 aliphatic heterocycles. The van der Waals surface area contributed by atoms with Gasteiger partial charge in [-0.05, 0) is 43.4 Å². The number of hydrogen-bond donors (Lipinski definition) is 1. The van der Waals surface area contributed by atoms with Gasteiger partial charge in [0.1, 0.15) is 0 Å². The van der Waals surface area contributed by atoms with Crippen LogP contribution in [0.25, 0.3) is 5.65 Å². The zero-order valence-electron chi connectivity index (χ0n) is 24.2. The Morgan fingerprint density at radius 3 is 2.43 bits per heavy atom. The maximum Gasteiger partial charge on any atom is 0.375 e. The van der Waals surface area contributed by atoms with E-state index in [0.717, 1.165) is 50.1 Å². The van der Waals surface area contributed by atoms with Crippen LogP contribution in [-0.4, -0.2) is 90.5 Å². The molecule has 12 heteroatoms. The molecular weight excluding hydrogens is 534 g/mol. The van der Waals surface area contributed by atoms with Crippen LogP contribution in [-0.2, 0) is 12.5 Å². The van der Waals surface area contributed by atoms with Gasteiger partial charge in [0.25, 0.3) is 11.7 Å². The van der Waals surface area contributed by atoms with Gasteiger partial charge in [-0.25, -0.2) is 19.0 Å². The molecule has 3 saturated heterocycles. The molecule has 0 bridgehead atoms. The van der Waals surface area contributed by atoms with E-state index < -0.39 is 5.97 Å². The Balaban J connectivity index is 1.06. The van der Waals surface area contributed by atoms with Gasteiger partial charge in [0.15, 0.2) is 5.65 Å². The number of amides is 1. The van der Waals surface area contributed by atoms with Gasteiger partial charge in [-0.3, -0.25) is 4.79 Å². The Hall–Kier alpha value is -4.48. The Morgan fingerprint density at radius 1 is 0.905 bits per heavy atom. The molecule has 1 unspecified atom stereocenters. The lowest BCUT2D eigenvalue weighted by Crippen LogP contribution is -2.35. The summed E-state index contributed by atoms with van der Waals surface area (Å²) in [5.41, 5.74) is 4.14. The van der Waals surface area contributed by atoms with Crippen molar-refractivity contribution in [1.82, 2.24) is 34.3 Å². The summed E-state index contributed by atoms with van der Waals surface area (Å²) >= 11 is 0. The lowest BCUT2D eigenvalue weighted by atomic mass is 9.82. The fourth-order valence-electron chi connectivity index (χ4n) is 7.08. The summed E-state index contributed by atoms with van der Waals surface area (Å²) in [6.07, 6.45) is 4.82. The summed E-state index contributed by atoms with van der Waals surface area (Å²) in [5.74, 6) is -0.735. The average Bonchev–Trinajstić information content (AvgIpc) is 3.80. The molecule has 12 nitrogen and oxygen atoms in total. The minimum absolute atomic E-state index is 0.0750. The predicted octanol–water partition coefficient (Wildman–Crippen LogP) is 2.78. The summed E-state index contributed by atoms with van der Waals surface area (Å²) in [6.45, 7) is 8.90. The molecule has 1 aromatic carbocycles. The molecule has 3 aliphatic rings. The number of aromatic nitrogens is 6. The Labute approximate surface area is 243 Å². The summed E-state index contributed by atoms with van der Waals surface area (Å²) < 4.78 is 3.27. The lowest BCUT2D eigenvalue weighted by Gasteiger charge is -2.26. The second kappa shape index (κ2) is 9.53. The average molecular weight is 570 g/mol. The number of aromatic carboxylic acids is 1. The van der Waals surface area contributed by atoms with E-state index in [9.17, 15) is 14.7 Å². The number of rotatable bonds is 5. The Morgan fingerprint density at radius 2 is 1.67 bits per heavy atom. The molecule has 3 aromatic heterocycles. The van der Waals surface area contributed by atoms with Crippen molar-refractivity contribution in [2.24, 2.45) is 12.5 Å². The van der Waals surface area contributed by atoms with E-state index >= 15 is 0 Å². The first-order chi connectivity index (χ1) is 20.1. The van der Waals surface area contributed by atoms with Crippen LogP contribution in [0.3, 0.4) is 0 Å². The molecule has 0 radical (unpaired) electrons. The van der Waals surface area contributed by atoms with E-state index in [4.69, 9.17) is 0 Å². The maximum absolute atomic E-state index is 13.6. The summed E-state index contributed by atoms with van der Waals surface area (Å²) in [7, 11) is 1.71. The van der Waals surface area contributed by atoms with E-state index in [0.29, 0.717) is 31.2 Å². The van der Waals surface area contributed by atoms with Gasteiger partial charge in [-0.1, -0.05) is 37.3 Å². The molecule has 42 heavy (non-hydrogen) atoms. The minimum atomic E-state index is -1.14. The molecule has 0 aliphatic carbocycles. The third-order valence-corrected chi connectivity index (χ3v) is 9.48. The zero-order valence-corrected chi connectivity index (χ0v) is 24.2. The van der Waals surface area contributed by atoms with Crippen LogP contribution >= 0.6 is 0 Å². The maximum atomic E-state index is 13.6. The fourth-order valence-corrected chi connectivity index (χ4v) is 7.08. The number of pyridine rings is 1. The predicted molar refractivity (Wildman–Crippen MR) is 156 cm³/mol. The highest BCUT2D eigenvalue weighted by atomic mass is 16.4. The van der Waals surface area contributed by atoms with E-state index in [1.54, 1.807) is 11.6 Å². The van der Waals surface area contributed by atoms with Crippen molar-refractivity contribution in [3.8, 4) is 0 Å². The summed E-state index contributed by atoms with van der Waals surface area (Å²) in [5, 5.41) is 17.9. The quantitative estimate of drug-likeness (QED) is 0.386. The van der Waals surface area contributed by atoms with Crippen LogP contribution in [0, 0.1) is 12.3 Å². The van der Waals surface area contributed by atoms with Crippen LogP contribution in [0.15, 0.2) is 42.6 Å². The molecule has 218 valence electrons. The number of carbonyl (C=O) groups is 2. The van der Waals surface area contributed by atoms with E-state index in [2.05, 4.69) is 73.3 Å². The molecule has 0 saturated carbocycles. The van der Waals surface area contributed by atoms with Gasteiger partial charge in [-0.15, -0.1) is 10.2 Å². The third kappa shape index (κ3) is 4.36. The van der Waals surface area contributed by atoms with Crippen molar-refractivity contribution in [2.75, 3.05) is 49.1 Å². The molecule has 1 N–H and O–H groups in total. The highest BCUT2D eigenvalue weighted by Crippen LogP contribution is 2.41. The van der Waals surface area contributed by atoms with Crippen molar-refractivity contribution >= 4 is 29.2 Å². The normalized spacial score (nSPS) is 24.0. The van der Waals surface area contributed by atoms with E-state index in [-0.39, 0.29) is 28.4 Å². The molecule has 2 atom stereocenters. The topological polar surface area (TPSA) is 125 Å². The second-order valence-corrected chi connectivity index (χ2v) is 12.5. The molecule has 7 rings (SSSR count). The van der Waals surface area contributed by atoms with Crippen molar-refractivity contribution in [3.05, 3.63) is 65.4 Å². The van der Waals surface area contributed by atoms with Crippen LogP contribution in [0.5, 0.6) is 0 Å². The first-order valence-corrected chi connectivity index (χ1v) is 14.5. The smallest absolute Gasteiger partial charge is 0.375 e. The SMILES string of the molecule is Cc1cc(N2CC[C@](C)(c3ccccc3)C2)cn2nc(C(=O)N3CCC4(CCN(c5nc(C(=O)O)nn5C)C4)C3)nc12. The van der Waals surface area contributed by atoms with Crippen LogP contribution in [0.2, 0.25) is 0 Å². The number of hydrogen-bond acceptors (Lipinski definition) is 8. The van der Waals surface area contributed by atoms with Gasteiger partial charge in [-0.2, -0.15) is 4.98 Å². The number of carboxylic acid groups (broad SMARTS) is 1. The van der Waals surface area contributed by atoms with Crippen LogP contribution in [0.4, 0.5) is 11.6 Å². The van der Waals surface area contributed by atoms with Crippen molar-refractivity contribution < 1.29 is 14.7 Å². The summed E-state index contributed by atoms with van der Waals surface area (Å²) in [6, 6.07) is 12.8. The highest BCUT2D eigenvalue weighted by molar-refractivity contribution is 5.91. The number of nitrogens with zero attached hydrogens (tertiary/aromatic N) is 9. The van der Waals surface area contributed by atoms with Crippen molar-refractivity contribution in [3.63, 3.8) is 0 Å². The first-order valence-electron chi connectivity index (χ1n) is 14.5. The minimum Gasteiger partial charge on any atom is -0.475 e. The summed E-state index contributed by atoms with van der Waals surface area (Å²) in [4.78, 5) is 40.1. The number of carbonyl (C=O) groups excluding carboxylic acids is 1. The monoisotopic (exact) mass is 569 g/mol. The number of fused-ring (bicyclic) bond motifs is 1.